The molecule has 0 amide bonds. The van der Waals surface area contributed by atoms with E-state index in [0.717, 1.165) is 15.9 Å². The van der Waals surface area contributed by atoms with Crippen molar-refractivity contribution < 1.29 is 25.8 Å². The number of rotatable bonds is 7. The topological polar surface area (TPSA) is 23.8 Å². The molecule has 0 aromatic heterocycles. The Bertz CT molecular complexity index is 725. The Balaban J connectivity index is 0. The van der Waals surface area contributed by atoms with Crippen molar-refractivity contribution in [2.45, 2.75) is 86.2 Å². The minimum atomic E-state index is 0. The van der Waals surface area contributed by atoms with Crippen molar-refractivity contribution in [1.82, 2.24) is 0 Å². The SMILES string of the molecule is CC1=[C-]C(C)C(C)=C1C.CCCCCCCC[NH-].C[SiH]C.[Hf].c1ccc(-c2ccccc2)cc1. The van der Waals surface area contributed by atoms with Gasteiger partial charge in [0, 0.05) is 35.4 Å². The monoisotopic (exact) mass is 642 g/mol. The summed E-state index contributed by atoms with van der Waals surface area (Å²) >= 11 is 0. The summed E-state index contributed by atoms with van der Waals surface area (Å²) < 4.78 is 0. The number of hydrogen-bond donors (Lipinski definition) is 0. The molecule has 0 bridgehead atoms. The van der Waals surface area contributed by atoms with Gasteiger partial charge in [0.05, 0.1) is 0 Å². The molecule has 34 heavy (non-hydrogen) atoms. The van der Waals surface area contributed by atoms with Crippen LogP contribution in [0, 0.1) is 12.0 Å². The van der Waals surface area contributed by atoms with Crippen LogP contribution in [-0.2, 0) is 25.8 Å². The maximum atomic E-state index is 6.88. The molecule has 1 radical (unpaired) electrons. The zero-order valence-electron chi connectivity index (χ0n) is 22.9. The van der Waals surface area contributed by atoms with E-state index in [9.17, 15) is 0 Å². The summed E-state index contributed by atoms with van der Waals surface area (Å²) in [7, 11) is 0.750. The van der Waals surface area contributed by atoms with Crippen molar-refractivity contribution in [2.24, 2.45) is 5.92 Å². The van der Waals surface area contributed by atoms with Crippen LogP contribution in [0.3, 0.4) is 0 Å². The van der Waals surface area contributed by atoms with Gasteiger partial charge in [-0.3, -0.25) is 6.08 Å². The molecule has 3 rings (SSSR count). The second-order valence-electron chi connectivity index (χ2n) is 8.63. The minimum Gasteiger partial charge on any atom is -0.677 e. The van der Waals surface area contributed by atoms with Crippen LogP contribution in [0.1, 0.15) is 73.1 Å². The molecule has 1 aliphatic carbocycles. The van der Waals surface area contributed by atoms with Gasteiger partial charge in [-0.1, -0.05) is 146 Å². The maximum absolute atomic E-state index is 6.88. The molecule has 1 N–H and O–H groups in total. The Kier molecular flexibility index (Phi) is 24.5. The third-order valence-corrected chi connectivity index (χ3v) is 5.65. The smallest absolute Gasteiger partial charge is 0.0213 e. The molecule has 2 aromatic carbocycles. The van der Waals surface area contributed by atoms with Gasteiger partial charge < -0.3 is 5.73 Å². The van der Waals surface area contributed by atoms with Crippen LogP contribution in [0.2, 0.25) is 13.1 Å². The molecule has 0 spiro atoms. The van der Waals surface area contributed by atoms with Crippen LogP contribution in [0.25, 0.3) is 16.9 Å². The van der Waals surface area contributed by atoms with Gasteiger partial charge in [-0.25, -0.2) is 5.57 Å². The van der Waals surface area contributed by atoms with Gasteiger partial charge in [0.1, 0.15) is 0 Å². The number of nitrogens with one attached hydrogen (secondary N) is 1. The second-order valence-corrected chi connectivity index (χ2v) is 9.78. The number of unbranched alkanes of at least 4 members (excludes halogenated alkanes) is 5. The Morgan fingerprint density at radius 2 is 1.18 bits per heavy atom. The fourth-order valence-corrected chi connectivity index (χ4v) is 3.33. The van der Waals surface area contributed by atoms with Crippen LogP contribution < -0.4 is 0 Å². The summed E-state index contributed by atoms with van der Waals surface area (Å²) in [5.41, 5.74) is 13.7. The van der Waals surface area contributed by atoms with E-state index >= 15 is 0 Å². The number of allylic oxidation sites excluding steroid dienone is 4. The number of benzene rings is 2. The largest absolute Gasteiger partial charge is 0.677 e. The Labute approximate surface area is 233 Å². The molecule has 0 saturated heterocycles. The quantitative estimate of drug-likeness (QED) is 0.163. The van der Waals surface area contributed by atoms with Crippen molar-refractivity contribution in [2.75, 3.05) is 6.54 Å². The molecular weight excluding hydrogens is 593 g/mol. The first-order valence-corrected chi connectivity index (χ1v) is 15.0. The summed E-state index contributed by atoms with van der Waals surface area (Å²) in [5.74, 6) is 0.560. The first-order chi connectivity index (χ1) is 15.9. The summed E-state index contributed by atoms with van der Waals surface area (Å²) in [6.07, 6.45) is 11.1. The third-order valence-electron chi connectivity index (χ3n) is 5.65. The zero-order chi connectivity index (χ0) is 24.9. The van der Waals surface area contributed by atoms with Crippen molar-refractivity contribution >= 4 is 9.52 Å². The van der Waals surface area contributed by atoms with E-state index in [1.165, 1.54) is 60.0 Å². The normalized spacial score (nSPS) is 13.8. The van der Waals surface area contributed by atoms with Gasteiger partial charge in [0.25, 0.3) is 0 Å². The minimum absolute atomic E-state index is 0. The van der Waals surface area contributed by atoms with E-state index in [1.54, 1.807) is 0 Å². The molecule has 1 atom stereocenters. The molecule has 1 nitrogen and oxygen atoms in total. The van der Waals surface area contributed by atoms with E-state index in [2.05, 4.69) is 102 Å². The van der Waals surface area contributed by atoms with Gasteiger partial charge in [-0.2, -0.15) is 17.7 Å². The molecule has 187 valence electrons. The summed E-state index contributed by atoms with van der Waals surface area (Å²) in [4.78, 5) is 0. The molecule has 2 aromatic rings. The maximum Gasteiger partial charge on any atom is 0.0213 e. The first kappa shape index (κ1) is 35.1. The molecule has 0 aliphatic heterocycles. The predicted octanol–water partition coefficient (Wildman–Crippen LogP) is 9.99. The van der Waals surface area contributed by atoms with E-state index < -0.39 is 0 Å². The Hall–Kier alpha value is -1.03. The van der Waals surface area contributed by atoms with Crippen LogP contribution in [-0.4, -0.2) is 16.1 Å². The average Bonchev–Trinajstić information content (AvgIpc) is 3.07. The first-order valence-electron chi connectivity index (χ1n) is 12.7. The molecule has 1 aliphatic rings. The van der Waals surface area contributed by atoms with Crippen molar-refractivity contribution in [3.63, 3.8) is 0 Å². The fraction of sp³-hybridized carbons (Fsp3) is 0.484. The standard InChI is InChI=1S/C12H10.C9H13.C8H18N.C2H7Si.Hf/c1-3-7-11(8-4-1)12-9-5-2-6-10-12;1-6-5-7(2)9(4)8(6)3;1-2-3-4-5-6-7-8-9;1-3-2;/h1-10H;6H,1-4H3;9H,2-8H2,1H3;3H,1-2H3;/q;2*-1;;. The Morgan fingerprint density at radius 3 is 1.47 bits per heavy atom. The molecular formula is C31H48HfNSi-2. The van der Waals surface area contributed by atoms with E-state index in [0.29, 0.717) is 12.5 Å². The van der Waals surface area contributed by atoms with Crippen LogP contribution in [0.4, 0.5) is 0 Å². The van der Waals surface area contributed by atoms with Gasteiger partial charge in [-0.15, -0.1) is 6.92 Å². The second kappa shape index (κ2) is 23.7. The van der Waals surface area contributed by atoms with Gasteiger partial charge >= 0.3 is 0 Å². The Morgan fingerprint density at radius 1 is 0.765 bits per heavy atom. The predicted molar refractivity (Wildman–Crippen MR) is 153 cm³/mol. The van der Waals surface area contributed by atoms with E-state index in [1.807, 2.05) is 12.1 Å². The molecule has 0 fully saturated rings. The van der Waals surface area contributed by atoms with Gasteiger partial charge in [0.2, 0.25) is 0 Å². The van der Waals surface area contributed by atoms with E-state index in [-0.39, 0.29) is 25.8 Å². The van der Waals surface area contributed by atoms with Crippen LogP contribution >= 0.6 is 0 Å². The van der Waals surface area contributed by atoms with Crippen molar-refractivity contribution in [3.8, 4) is 11.1 Å². The fourth-order valence-electron chi connectivity index (χ4n) is 3.33. The zero-order valence-corrected chi connectivity index (χ0v) is 27.6. The summed E-state index contributed by atoms with van der Waals surface area (Å²) in [6.45, 7) is 15.9. The van der Waals surface area contributed by atoms with Crippen molar-refractivity contribution in [3.05, 3.63) is 89.2 Å². The average molecular weight is 641 g/mol. The molecule has 0 saturated carbocycles. The van der Waals surface area contributed by atoms with Gasteiger partial charge in [0.15, 0.2) is 0 Å². The summed E-state index contributed by atoms with van der Waals surface area (Å²) in [6, 6.07) is 20.8. The van der Waals surface area contributed by atoms with E-state index in [4.69, 9.17) is 5.73 Å². The summed E-state index contributed by atoms with van der Waals surface area (Å²) in [5, 5.41) is 0. The molecule has 0 heterocycles. The van der Waals surface area contributed by atoms with Crippen molar-refractivity contribution in [1.29, 1.82) is 0 Å². The molecule has 3 heteroatoms. The number of hydrogen-bond acceptors (Lipinski definition) is 0. The van der Waals surface area contributed by atoms with Crippen LogP contribution in [0.15, 0.2) is 77.4 Å². The third kappa shape index (κ3) is 16.6. The molecule has 1 unspecified atom stereocenters. The van der Waals surface area contributed by atoms with Crippen LogP contribution in [0.5, 0.6) is 0 Å². The van der Waals surface area contributed by atoms with Gasteiger partial charge in [-0.05, 0) is 11.1 Å².